The van der Waals surface area contributed by atoms with Crippen LogP contribution >= 0.6 is 0 Å². The zero-order valence-electron chi connectivity index (χ0n) is 5.54. The maximum absolute atomic E-state index is 10.1. The van der Waals surface area contributed by atoms with Crippen molar-refractivity contribution in [1.82, 2.24) is 0 Å². The van der Waals surface area contributed by atoms with E-state index in [9.17, 15) is 9.59 Å². The van der Waals surface area contributed by atoms with Crippen LogP contribution in [0.2, 0.25) is 0 Å². The number of nitrogens with two attached hydrogens (primary N) is 2. The van der Waals surface area contributed by atoms with Crippen LogP contribution in [0, 0.1) is 0 Å². The van der Waals surface area contributed by atoms with Crippen LogP contribution in [-0.2, 0) is 9.59 Å². The monoisotopic (exact) mass is 148 g/mol. The summed E-state index contributed by atoms with van der Waals surface area (Å²) in [5, 5.41) is 0. The Morgan fingerprint density at radius 2 is 2.10 bits per heavy atom. The van der Waals surface area contributed by atoms with Crippen LogP contribution in [0.1, 0.15) is 12.8 Å². The summed E-state index contributed by atoms with van der Waals surface area (Å²) in [6.45, 7) is 0. The summed E-state index contributed by atoms with van der Waals surface area (Å²) in [5.74, 6) is -0.424. The molecule has 0 aromatic rings. The Hall–Kier alpha value is -0.940. The fraction of sp³-hybridized carbons (Fsp3) is 0.600. The number of aldehydes is 1. The molecule has 0 aliphatic carbocycles. The van der Waals surface area contributed by atoms with Crippen LogP contribution < -0.4 is 11.5 Å². The Kier molecular flexibility index (Phi) is 7.30. The van der Waals surface area contributed by atoms with Crippen LogP contribution in [0.25, 0.3) is 0 Å². The average molecular weight is 148 g/mol. The van der Waals surface area contributed by atoms with Gasteiger partial charge in [-0.3, -0.25) is 4.79 Å². The topological polar surface area (TPSA) is 118 Å². The highest BCUT2D eigenvalue weighted by atomic mass is 16.1. The molecule has 0 radical (unpaired) electrons. The first-order chi connectivity index (χ1) is 4.16. The van der Waals surface area contributed by atoms with Gasteiger partial charge in [-0.2, -0.15) is 0 Å². The van der Waals surface area contributed by atoms with Crippen LogP contribution in [0.15, 0.2) is 0 Å². The Bertz CT molecular complexity index is 115. The lowest BCUT2D eigenvalue weighted by Crippen LogP contribution is -2.24. The van der Waals surface area contributed by atoms with Crippen LogP contribution in [-0.4, -0.2) is 23.7 Å². The molecule has 0 aliphatic heterocycles. The average Bonchev–Trinajstić information content (AvgIpc) is 1.83. The second-order valence-corrected chi connectivity index (χ2v) is 1.80. The molecule has 0 heterocycles. The molecule has 60 valence electrons. The predicted octanol–water partition coefficient (Wildman–Crippen LogP) is -2.05. The number of hydrogen-bond acceptors (Lipinski definition) is 3. The summed E-state index contributed by atoms with van der Waals surface area (Å²) in [6, 6.07) is -0.544. The molecule has 0 aliphatic rings. The molecule has 1 amide bonds. The molecule has 0 aromatic heterocycles. The van der Waals surface area contributed by atoms with E-state index in [2.05, 4.69) is 0 Å². The first-order valence-electron chi connectivity index (χ1n) is 2.66. The van der Waals surface area contributed by atoms with E-state index in [1.807, 2.05) is 0 Å². The molecule has 0 bridgehead atoms. The van der Waals surface area contributed by atoms with Gasteiger partial charge in [-0.25, -0.2) is 0 Å². The number of amides is 1. The molecule has 10 heavy (non-hydrogen) atoms. The molecule has 1 atom stereocenters. The summed E-state index contributed by atoms with van der Waals surface area (Å²) in [7, 11) is 0. The maximum atomic E-state index is 10.1. The number of primary amides is 1. The van der Waals surface area contributed by atoms with Crippen molar-refractivity contribution in [2.75, 3.05) is 0 Å². The standard InChI is InChI=1S/C5H10N2O2.H2O/c6-4(3-8)1-2-5(7)9;/h3-4H,1-2,6H2,(H2,7,9);1H2/t4-;/m0./s1. The molecule has 0 saturated heterocycles. The normalized spacial score (nSPS) is 11.3. The Morgan fingerprint density at radius 3 is 2.40 bits per heavy atom. The van der Waals surface area contributed by atoms with Gasteiger partial charge < -0.3 is 21.7 Å². The summed E-state index contributed by atoms with van der Waals surface area (Å²) in [4.78, 5) is 19.9. The number of carbonyl (C=O) groups is 2. The lowest BCUT2D eigenvalue weighted by atomic mass is 10.2. The lowest BCUT2D eigenvalue weighted by molar-refractivity contribution is -0.118. The molecule has 0 unspecified atom stereocenters. The molecule has 6 N–H and O–H groups in total. The SMILES string of the molecule is NC(=O)CC[C@H](N)C=O.O. The summed E-state index contributed by atoms with van der Waals surface area (Å²) < 4.78 is 0. The predicted molar refractivity (Wildman–Crippen MR) is 36.1 cm³/mol. The lowest BCUT2D eigenvalue weighted by Gasteiger charge is -1.98. The quantitative estimate of drug-likeness (QED) is 0.447. The molecule has 0 fully saturated rings. The largest absolute Gasteiger partial charge is 0.412 e. The van der Waals surface area contributed by atoms with E-state index in [1.54, 1.807) is 0 Å². The number of hydrogen-bond donors (Lipinski definition) is 2. The van der Waals surface area contributed by atoms with E-state index in [4.69, 9.17) is 11.5 Å². The fourth-order valence-corrected chi connectivity index (χ4v) is 0.377. The minimum Gasteiger partial charge on any atom is -0.412 e. The van der Waals surface area contributed by atoms with E-state index in [1.165, 1.54) is 0 Å². The highest BCUT2D eigenvalue weighted by Crippen LogP contribution is 1.88. The maximum Gasteiger partial charge on any atom is 0.217 e. The van der Waals surface area contributed by atoms with Crippen LogP contribution in [0.3, 0.4) is 0 Å². The summed E-state index contributed by atoms with van der Waals surface area (Å²) in [6.07, 6.45) is 1.13. The van der Waals surface area contributed by atoms with E-state index >= 15 is 0 Å². The minimum atomic E-state index is -0.544. The van der Waals surface area contributed by atoms with Gasteiger partial charge in [-0.15, -0.1) is 0 Å². The van der Waals surface area contributed by atoms with Crippen molar-refractivity contribution < 1.29 is 15.1 Å². The van der Waals surface area contributed by atoms with Crippen molar-refractivity contribution in [3.8, 4) is 0 Å². The zero-order valence-corrected chi connectivity index (χ0v) is 5.54. The van der Waals surface area contributed by atoms with E-state index in [0.717, 1.165) is 0 Å². The van der Waals surface area contributed by atoms with Crippen LogP contribution in [0.4, 0.5) is 0 Å². The van der Waals surface area contributed by atoms with Gasteiger partial charge in [0.2, 0.25) is 5.91 Å². The van der Waals surface area contributed by atoms with Crippen LogP contribution in [0.5, 0.6) is 0 Å². The molecule has 0 spiro atoms. The van der Waals surface area contributed by atoms with Crippen molar-refractivity contribution >= 4 is 12.2 Å². The van der Waals surface area contributed by atoms with Crippen molar-refractivity contribution in [2.45, 2.75) is 18.9 Å². The van der Waals surface area contributed by atoms with Crippen molar-refractivity contribution in [3.63, 3.8) is 0 Å². The minimum absolute atomic E-state index is 0. The van der Waals surface area contributed by atoms with Crippen molar-refractivity contribution in [3.05, 3.63) is 0 Å². The molecule has 0 aromatic carbocycles. The third-order valence-electron chi connectivity index (χ3n) is 0.899. The van der Waals surface area contributed by atoms with Gasteiger partial charge in [0.25, 0.3) is 0 Å². The van der Waals surface area contributed by atoms with E-state index in [0.29, 0.717) is 12.7 Å². The Balaban J connectivity index is 0. The second kappa shape index (κ2) is 6.18. The first-order valence-corrected chi connectivity index (χ1v) is 2.66. The summed E-state index contributed by atoms with van der Waals surface area (Å²) >= 11 is 0. The second-order valence-electron chi connectivity index (χ2n) is 1.80. The van der Waals surface area contributed by atoms with Gasteiger partial charge >= 0.3 is 0 Å². The van der Waals surface area contributed by atoms with Gasteiger partial charge in [0.1, 0.15) is 6.29 Å². The summed E-state index contributed by atoms with van der Waals surface area (Å²) in [5.41, 5.74) is 9.93. The number of rotatable bonds is 4. The fourth-order valence-electron chi connectivity index (χ4n) is 0.377. The zero-order chi connectivity index (χ0) is 7.28. The van der Waals surface area contributed by atoms with Gasteiger partial charge in [-0.1, -0.05) is 0 Å². The van der Waals surface area contributed by atoms with Crippen molar-refractivity contribution in [1.29, 1.82) is 0 Å². The molecule has 5 nitrogen and oxygen atoms in total. The third-order valence-corrected chi connectivity index (χ3v) is 0.899. The Morgan fingerprint density at radius 1 is 1.60 bits per heavy atom. The van der Waals surface area contributed by atoms with E-state index < -0.39 is 11.9 Å². The smallest absolute Gasteiger partial charge is 0.217 e. The van der Waals surface area contributed by atoms with E-state index in [-0.39, 0.29) is 11.9 Å². The highest BCUT2D eigenvalue weighted by Gasteiger charge is 2.00. The molecular formula is C5H12N2O3. The Labute approximate surface area is 58.7 Å². The first kappa shape index (κ1) is 11.8. The molecule has 5 heteroatoms. The van der Waals surface area contributed by atoms with Gasteiger partial charge in [-0.05, 0) is 6.42 Å². The van der Waals surface area contributed by atoms with Crippen molar-refractivity contribution in [2.24, 2.45) is 11.5 Å². The molecule has 0 saturated carbocycles. The highest BCUT2D eigenvalue weighted by molar-refractivity contribution is 5.74. The van der Waals surface area contributed by atoms with Gasteiger partial charge in [0.05, 0.1) is 6.04 Å². The van der Waals surface area contributed by atoms with Gasteiger partial charge in [0.15, 0.2) is 0 Å². The molecular weight excluding hydrogens is 136 g/mol. The third kappa shape index (κ3) is 7.06. The number of carbonyl (C=O) groups excluding carboxylic acids is 2. The van der Waals surface area contributed by atoms with Gasteiger partial charge in [0, 0.05) is 6.42 Å². The molecule has 0 rings (SSSR count).